The van der Waals surface area contributed by atoms with Gasteiger partial charge in [-0.05, 0) is 31.7 Å². The summed E-state index contributed by atoms with van der Waals surface area (Å²) in [5, 5.41) is 0. The number of carbonyl (C=O) groups is 2. The number of fused-ring (bicyclic) bond motifs is 1. The molecule has 106 valence electrons. The quantitative estimate of drug-likeness (QED) is 0.758. The minimum Gasteiger partial charge on any atom is -0.341 e. The molecule has 0 aromatic heterocycles. The van der Waals surface area contributed by atoms with E-state index in [0.717, 1.165) is 12.5 Å². The second-order valence-electron chi connectivity index (χ2n) is 6.29. The Labute approximate surface area is 115 Å². The molecule has 0 N–H and O–H groups in total. The Morgan fingerprint density at radius 3 is 2.58 bits per heavy atom. The molecule has 2 heterocycles. The van der Waals surface area contributed by atoms with Crippen LogP contribution < -0.4 is 0 Å². The number of carbonyl (C=O) groups excluding carboxylic acids is 2. The van der Waals surface area contributed by atoms with E-state index in [1.54, 1.807) is 0 Å². The van der Waals surface area contributed by atoms with E-state index in [2.05, 4.69) is 4.90 Å². The smallest absolute Gasteiger partial charge is 0.236 e. The third-order valence-corrected chi connectivity index (χ3v) is 5.14. The van der Waals surface area contributed by atoms with Crippen molar-refractivity contribution < 1.29 is 9.59 Å². The maximum absolute atomic E-state index is 12.3. The molecule has 2 atom stereocenters. The van der Waals surface area contributed by atoms with Crippen molar-refractivity contribution in [1.29, 1.82) is 0 Å². The van der Waals surface area contributed by atoms with Gasteiger partial charge in [-0.3, -0.25) is 14.5 Å². The van der Waals surface area contributed by atoms with Gasteiger partial charge in [-0.2, -0.15) is 0 Å². The van der Waals surface area contributed by atoms with Crippen molar-refractivity contribution in [2.45, 2.75) is 51.0 Å². The van der Waals surface area contributed by atoms with Gasteiger partial charge in [0.25, 0.3) is 0 Å². The van der Waals surface area contributed by atoms with Crippen LogP contribution in [0.15, 0.2) is 0 Å². The number of hydrogen-bond acceptors (Lipinski definition) is 3. The molecule has 2 unspecified atom stereocenters. The van der Waals surface area contributed by atoms with E-state index in [-0.39, 0.29) is 5.91 Å². The lowest BCUT2D eigenvalue weighted by molar-refractivity contribution is -0.135. The summed E-state index contributed by atoms with van der Waals surface area (Å²) in [6, 6.07) is 0.657. The first kappa shape index (κ1) is 13.1. The maximum atomic E-state index is 12.3. The van der Waals surface area contributed by atoms with Crippen LogP contribution in [0.25, 0.3) is 0 Å². The molecule has 2 saturated heterocycles. The van der Waals surface area contributed by atoms with E-state index in [1.165, 1.54) is 32.1 Å². The van der Waals surface area contributed by atoms with E-state index in [0.29, 0.717) is 44.3 Å². The van der Waals surface area contributed by atoms with Gasteiger partial charge in [-0.15, -0.1) is 0 Å². The Morgan fingerprint density at radius 1 is 1.05 bits per heavy atom. The molecule has 0 aromatic carbocycles. The highest BCUT2D eigenvalue weighted by Crippen LogP contribution is 2.35. The molecule has 0 aromatic rings. The molecule has 4 nitrogen and oxygen atoms in total. The Bertz CT molecular complexity index is 359. The van der Waals surface area contributed by atoms with Crippen LogP contribution in [0, 0.1) is 5.92 Å². The van der Waals surface area contributed by atoms with Gasteiger partial charge in [-0.1, -0.05) is 12.8 Å². The van der Waals surface area contributed by atoms with Crippen LogP contribution in [-0.4, -0.2) is 53.7 Å². The summed E-state index contributed by atoms with van der Waals surface area (Å²) < 4.78 is 0. The molecule has 2 aliphatic heterocycles. The predicted octanol–water partition coefficient (Wildman–Crippen LogP) is 1.44. The number of nitrogens with zero attached hydrogens (tertiary/aromatic N) is 2. The Balaban J connectivity index is 1.53. The number of rotatable bonds is 2. The average molecular weight is 264 g/mol. The number of amides is 1. The van der Waals surface area contributed by atoms with Gasteiger partial charge < -0.3 is 4.90 Å². The fourth-order valence-electron chi connectivity index (χ4n) is 3.98. The largest absolute Gasteiger partial charge is 0.341 e. The standard InChI is InChI=1S/C15H24N2O2/c18-13-6-9-16(10-7-13)15(19)11-17-8-5-12-3-1-2-4-14(12)17/h12,14H,1-11H2. The summed E-state index contributed by atoms with van der Waals surface area (Å²) in [6.45, 7) is 2.95. The van der Waals surface area contributed by atoms with E-state index >= 15 is 0 Å². The third-order valence-electron chi connectivity index (χ3n) is 5.14. The van der Waals surface area contributed by atoms with Crippen LogP contribution in [0.3, 0.4) is 0 Å². The normalized spacial score (nSPS) is 32.4. The van der Waals surface area contributed by atoms with Crippen LogP contribution in [-0.2, 0) is 9.59 Å². The highest BCUT2D eigenvalue weighted by Gasteiger charge is 2.37. The number of Topliss-reactive ketones (excluding diaryl/α,β-unsaturated/α-hetero) is 1. The average Bonchev–Trinajstić information content (AvgIpc) is 2.83. The topological polar surface area (TPSA) is 40.6 Å². The van der Waals surface area contributed by atoms with Gasteiger partial charge in [0, 0.05) is 32.0 Å². The second-order valence-corrected chi connectivity index (χ2v) is 6.29. The van der Waals surface area contributed by atoms with Crippen LogP contribution in [0.4, 0.5) is 0 Å². The summed E-state index contributed by atoms with van der Waals surface area (Å²) in [6.07, 6.45) is 7.71. The third kappa shape index (κ3) is 2.83. The summed E-state index contributed by atoms with van der Waals surface area (Å²) in [4.78, 5) is 27.8. The van der Waals surface area contributed by atoms with E-state index in [1.807, 2.05) is 4.90 Å². The molecular formula is C15H24N2O2. The first-order valence-corrected chi connectivity index (χ1v) is 7.77. The molecule has 0 bridgehead atoms. The Morgan fingerprint density at radius 2 is 1.79 bits per heavy atom. The van der Waals surface area contributed by atoms with Crippen molar-refractivity contribution in [2.24, 2.45) is 5.92 Å². The molecule has 3 fully saturated rings. The lowest BCUT2D eigenvalue weighted by Crippen LogP contribution is -2.46. The molecule has 3 rings (SSSR count). The molecule has 1 aliphatic carbocycles. The monoisotopic (exact) mass is 264 g/mol. The van der Waals surface area contributed by atoms with E-state index < -0.39 is 0 Å². The summed E-state index contributed by atoms with van der Waals surface area (Å²) in [5.74, 6) is 1.38. The van der Waals surface area contributed by atoms with Gasteiger partial charge >= 0.3 is 0 Å². The summed E-state index contributed by atoms with van der Waals surface area (Å²) in [5.41, 5.74) is 0. The number of piperidine rings is 1. The molecule has 1 saturated carbocycles. The first-order valence-electron chi connectivity index (χ1n) is 7.77. The maximum Gasteiger partial charge on any atom is 0.236 e. The Hall–Kier alpha value is -0.900. The number of hydrogen-bond donors (Lipinski definition) is 0. The Kier molecular flexibility index (Phi) is 3.87. The lowest BCUT2D eigenvalue weighted by Gasteiger charge is -2.33. The van der Waals surface area contributed by atoms with Gasteiger partial charge in [-0.25, -0.2) is 0 Å². The van der Waals surface area contributed by atoms with E-state index in [9.17, 15) is 9.59 Å². The lowest BCUT2D eigenvalue weighted by atomic mass is 9.85. The molecule has 3 aliphatic rings. The predicted molar refractivity (Wildman–Crippen MR) is 72.8 cm³/mol. The number of likely N-dealkylation sites (tertiary alicyclic amines) is 2. The second kappa shape index (κ2) is 5.61. The highest BCUT2D eigenvalue weighted by atomic mass is 16.2. The van der Waals surface area contributed by atoms with Gasteiger partial charge in [0.2, 0.25) is 5.91 Å². The van der Waals surface area contributed by atoms with Crippen molar-refractivity contribution in [3.8, 4) is 0 Å². The van der Waals surface area contributed by atoms with Gasteiger partial charge in [0.1, 0.15) is 5.78 Å². The van der Waals surface area contributed by atoms with Crippen LogP contribution >= 0.6 is 0 Å². The fraction of sp³-hybridized carbons (Fsp3) is 0.867. The van der Waals surface area contributed by atoms with Crippen molar-refractivity contribution in [1.82, 2.24) is 9.80 Å². The molecule has 1 amide bonds. The zero-order chi connectivity index (χ0) is 13.2. The minimum atomic E-state index is 0.235. The van der Waals surface area contributed by atoms with Gasteiger partial charge in [0.05, 0.1) is 6.54 Å². The fourth-order valence-corrected chi connectivity index (χ4v) is 3.98. The minimum absolute atomic E-state index is 0.235. The van der Waals surface area contributed by atoms with Gasteiger partial charge in [0.15, 0.2) is 0 Å². The summed E-state index contributed by atoms with van der Waals surface area (Å²) >= 11 is 0. The molecule has 0 spiro atoms. The SMILES string of the molecule is O=C1CCN(C(=O)CN2CCC3CCCCC32)CC1. The summed E-state index contributed by atoms with van der Waals surface area (Å²) in [7, 11) is 0. The van der Waals surface area contributed by atoms with Crippen molar-refractivity contribution in [2.75, 3.05) is 26.2 Å². The molecular weight excluding hydrogens is 240 g/mol. The molecule has 4 heteroatoms. The number of ketones is 1. The van der Waals surface area contributed by atoms with Crippen LogP contribution in [0.1, 0.15) is 44.9 Å². The van der Waals surface area contributed by atoms with Crippen LogP contribution in [0.2, 0.25) is 0 Å². The zero-order valence-corrected chi connectivity index (χ0v) is 11.6. The first-order chi connectivity index (χ1) is 9.24. The molecule has 0 radical (unpaired) electrons. The van der Waals surface area contributed by atoms with E-state index in [4.69, 9.17) is 0 Å². The highest BCUT2D eigenvalue weighted by molar-refractivity contribution is 5.84. The van der Waals surface area contributed by atoms with Crippen molar-refractivity contribution in [3.05, 3.63) is 0 Å². The van der Waals surface area contributed by atoms with Crippen LogP contribution in [0.5, 0.6) is 0 Å². The zero-order valence-electron chi connectivity index (χ0n) is 11.6. The van der Waals surface area contributed by atoms with Crippen molar-refractivity contribution >= 4 is 11.7 Å². The van der Waals surface area contributed by atoms with Crippen molar-refractivity contribution in [3.63, 3.8) is 0 Å². The molecule has 19 heavy (non-hydrogen) atoms.